The Kier molecular flexibility index (Phi) is 4.26. The summed E-state index contributed by atoms with van der Waals surface area (Å²) in [5, 5.41) is 0.308. The van der Waals surface area contributed by atoms with Crippen LogP contribution in [0.4, 0.5) is 0 Å². The highest BCUT2D eigenvalue weighted by Crippen LogP contribution is 2.15. The van der Waals surface area contributed by atoms with Crippen LogP contribution in [0.5, 0.6) is 0 Å². The SMILES string of the molecule is CC(C)Cn1c(=O)n(C)c(=O)c2cc(C(=O)N3CCCC3)cnc21. The van der Waals surface area contributed by atoms with Crippen LogP contribution >= 0.6 is 0 Å². The monoisotopic (exact) mass is 330 g/mol. The minimum Gasteiger partial charge on any atom is -0.339 e. The Bertz CT molecular complexity index is 904. The van der Waals surface area contributed by atoms with E-state index in [-0.39, 0.29) is 17.5 Å². The lowest BCUT2D eigenvalue weighted by molar-refractivity contribution is 0.0792. The molecule has 3 heterocycles. The summed E-state index contributed by atoms with van der Waals surface area (Å²) in [5.41, 5.74) is -0.0584. The molecule has 2 aromatic heterocycles. The lowest BCUT2D eigenvalue weighted by atomic mass is 10.2. The molecule has 0 aliphatic carbocycles. The quantitative estimate of drug-likeness (QED) is 0.841. The van der Waals surface area contributed by atoms with Gasteiger partial charge in [0, 0.05) is 32.9 Å². The maximum Gasteiger partial charge on any atom is 0.332 e. The second-order valence-corrected chi connectivity index (χ2v) is 6.75. The van der Waals surface area contributed by atoms with E-state index < -0.39 is 5.56 Å². The Morgan fingerprint density at radius 2 is 1.92 bits per heavy atom. The van der Waals surface area contributed by atoms with E-state index in [1.807, 2.05) is 13.8 Å². The molecule has 1 aliphatic rings. The van der Waals surface area contributed by atoms with Gasteiger partial charge in [0.15, 0.2) is 0 Å². The molecule has 0 bridgehead atoms. The van der Waals surface area contributed by atoms with Gasteiger partial charge in [0.05, 0.1) is 10.9 Å². The van der Waals surface area contributed by atoms with Gasteiger partial charge in [-0.05, 0) is 24.8 Å². The number of hydrogen-bond donors (Lipinski definition) is 0. The third kappa shape index (κ3) is 2.74. The summed E-state index contributed by atoms with van der Waals surface area (Å²) in [4.78, 5) is 43.4. The lowest BCUT2D eigenvalue weighted by Gasteiger charge is -2.16. The van der Waals surface area contributed by atoms with Crippen LogP contribution in [-0.2, 0) is 13.6 Å². The van der Waals surface area contributed by atoms with Crippen molar-refractivity contribution in [2.24, 2.45) is 13.0 Å². The summed E-state index contributed by atoms with van der Waals surface area (Å²) < 4.78 is 2.59. The molecule has 7 nitrogen and oxygen atoms in total. The molecule has 1 saturated heterocycles. The molecule has 7 heteroatoms. The van der Waals surface area contributed by atoms with E-state index in [0.29, 0.717) is 23.1 Å². The average Bonchev–Trinajstić information content (AvgIpc) is 3.10. The normalized spacial score (nSPS) is 14.8. The Balaban J connectivity index is 2.17. The lowest BCUT2D eigenvalue weighted by Crippen LogP contribution is -2.39. The van der Waals surface area contributed by atoms with Gasteiger partial charge in [-0.2, -0.15) is 0 Å². The second kappa shape index (κ2) is 6.22. The maximum absolute atomic E-state index is 12.5. The van der Waals surface area contributed by atoms with Crippen molar-refractivity contribution < 1.29 is 4.79 Å². The van der Waals surface area contributed by atoms with Gasteiger partial charge in [-0.15, -0.1) is 0 Å². The van der Waals surface area contributed by atoms with Crippen LogP contribution in [0.2, 0.25) is 0 Å². The fourth-order valence-corrected chi connectivity index (χ4v) is 3.12. The molecule has 0 radical (unpaired) electrons. The molecule has 0 aromatic carbocycles. The highest BCUT2D eigenvalue weighted by atomic mass is 16.2. The number of likely N-dealkylation sites (tertiary alicyclic amines) is 1. The highest BCUT2D eigenvalue weighted by Gasteiger charge is 2.21. The molecule has 1 fully saturated rings. The fourth-order valence-electron chi connectivity index (χ4n) is 3.12. The number of rotatable bonds is 3. The van der Waals surface area contributed by atoms with Crippen molar-refractivity contribution >= 4 is 16.9 Å². The van der Waals surface area contributed by atoms with Gasteiger partial charge in [-0.1, -0.05) is 13.8 Å². The van der Waals surface area contributed by atoms with Crippen molar-refractivity contribution in [3.63, 3.8) is 0 Å². The van der Waals surface area contributed by atoms with E-state index in [2.05, 4.69) is 4.98 Å². The molecular formula is C17H22N4O3. The van der Waals surface area contributed by atoms with Gasteiger partial charge >= 0.3 is 5.69 Å². The maximum atomic E-state index is 12.5. The van der Waals surface area contributed by atoms with Gasteiger partial charge in [-0.25, -0.2) is 9.78 Å². The molecule has 128 valence electrons. The summed E-state index contributed by atoms with van der Waals surface area (Å²) >= 11 is 0. The Morgan fingerprint density at radius 1 is 1.25 bits per heavy atom. The summed E-state index contributed by atoms with van der Waals surface area (Å²) in [6, 6.07) is 1.57. The van der Waals surface area contributed by atoms with Crippen molar-refractivity contribution in [3.8, 4) is 0 Å². The summed E-state index contributed by atoms with van der Waals surface area (Å²) in [6.45, 7) is 5.93. The first-order chi connectivity index (χ1) is 11.4. The van der Waals surface area contributed by atoms with Crippen LogP contribution in [-0.4, -0.2) is 38.0 Å². The van der Waals surface area contributed by atoms with Gasteiger partial charge in [0.2, 0.25) is 0 Å². The number of hydrogen-bond acceptors (Lipinski definition) is 4. The van der Waals surface area contributed by atoms with Crippen molar-refractivity contribution in [1.82, 2.24) is 19.0 Å². The molecule has 1 amide bonds. The van der Waals surface area contributed by atoms with Crippen LogP contribution in [0.1, 0.15) is 37.0 Å². The third-order valence-electron chi connectivity index (χ3n) is 4.36. The molecule has 24 heavy (non-hydrogen) atoms. The van der Waals surface area contributed by atoms with Crippen molar-refractivity contribution in [2.75, 3.05) is 13.1 Å². The van der Waals surface area contributed by atoms with Crippen molar-refractivity contribution in [1.29, 1.82) is 0 Å². The summed E-state index contributed by atoms with van der Waals surface area (Å²) in [6.07, 6.45) is 3.48. The van der Waals surface area contributed by atoms with E-state index in [0.717, 1.165) is 30.5 Å². The second-order valence-electron chi connectivity index (χ2n) is 6.75. The smallest absolute Gasteiger partial charge is 0.332 e. The summed E-state index contributed by atoms with van der Waals surface area (Å²) in [7, 11) is 1.45. The number of pyridine rings is 1. The van der Waals surface area contributed by atoms with E-state index in [9.17, 15) is 14.4 Å². The molecule has 0 spiro atoms. The number of fused-ring (bicyclic) bond motifs is 1. The minimum atomic E-state index is -0.418. The van der Waals surface area contributed by atoms with E-state index in [1.165, 1.54) is 17.8 Å². The zero-order valence-corrected chi connectivity index (χ0v) is 14.3. The van der Waals surface area contributed by atoms with Crippen molar-refractivity contribution in [3.05, 3.63) is 38.7 Å². The van der Waals surface area contributed by atoms with Gasteiger partial charge in [-0.3, -0.25) is 18.7 Å². The van der Waals surface area contributed by atoms with Gasteiger partial charge < -0.3 is 4.90 Å². The molecule has 0 unspecified atom stereocenters. The first-order valence-electron chi connectivity index (χ1n) is 8.29. The van der Waals surface area contributed by atoms with Crippen LogP contribution < -0.4 is 11.2 Å². The molecule has 0 atom stereocenters. The number of carbonyl (C=O) groups is 1. The number of carbonyl (C=O) groups excluding carboxylic acids is 1. The topological polar surface area (TPSA) is 77.2 Å². The molecule has 1 aliphatic heterocycles. The number of nitrogens with zero attached hydrogens (tertiary/aromatic N) is 4. The summed E-state index contributed by atoms with van der Waals surface area (Å²) in [5.74, 6) is 0.127. The zero-order chi connectivity index (χ0) is 17.4. The molecule has 2 aromatic rings. The van der Waals surface area contributed by atoms with Gasteiger partial charge in [0.25, 0.3) is 11.5 Å². The predicted molar refractivity (Wildman–Crippen MR) is 91.2 cm³/mol. The van der Waals surface area contributed by atoms with Crippen LogP contribution in [0.25, 0.3) is 11.0 Å². The fraction of sp³-hybridized carbons (Fsp3) is 0.529. The Labute approximate surface area is 139 Å². The molecule has 0 saturated carbocycles. The first-order valence-corrected chi connectivity index (χ1v) is 8.29. The van der Waals surface area contributed by atoms with Crippen LogP contribution in [0.3, 0.4) is 0 Å². The highest BCUT2D eigenvalue weighted by molar-refractivity contribution is 5.96. The number of amides is 1. The third-order valence-corrected chi connectivity index (χ3v) is 4.36. The predicted octanol–water partition coefficient (Wildman–Crippen LogP) is 0.987. The largest absolute Gasteiger partial charge is 0.339 e. The zero-order valence-electron chi connectivity index (χ0n) is 14.3. The molecule has 3 rings (SSSR count). The van der Waals surface area contributed by atoms with E-state index in [1.54, 1.807) is 11.0 Å². The van der Waals surface area contributed by atoms with E-state index >= 15 is 0 Å². The average molecular weight is 330 g/mol. The van der Waals surface area contributed by atoms with Gasteiger partial charge in [0.1, 0.15) is 5.65 Å². The Hall–Kier alpha value is -2.44. The van der Waals surface area contributed by atoms with Crippen LogP contribution in [0.15, 0.2) is 21.9 Å². The standard InChI is InChI=1S/C17H22N4O3/c1-11(2)10-21-14-13(16(23)19(3)17(21)24)8-12(9-18-14)15(22)20-6-4-5-7-20/h8-9,11H,4-7,10H2,1-3H3. The van der Waals surface area contributed by atoms with Crippen molar-refractivity contribution in [2.45, 2.75) is 33.2 Å². The van der Waals surface area contributed by atoms with Crippen LogP contribution in [0, 0.1) is 5.92 Å². The molecule has 0 N–H and O–H groups in total. The Morgan fingerprint density at radius 3 is 2.54 bits per heavy atom. The van der Waals surface area contributed by atoms with E-state index in [4.69, 9.17) is 0 Å². The minimum absolute atomic E-state index is 0.106. The number of aromatic nitrogens is 3. The molecular weight excluding hydrogens is 308 g/mol. The first kappa shape index (κ1) is 16.4.